The van der Waals surface area contributed by atoms with Crippen LogP contribution in [0.15, 0.2) is 30.3 Å². The second-order valence-electron chi connectivity index (χ2n) is 5.02. The maximum absolute atomic E-state index is 11.7. The fraction of sp³-hybridized carbons (Fsp3) is 0.533. The van der Waals surface area contributed by atoms with Crippen molar-refractivity contribution in [2.75, 3.05) is 0 Å². The van der Waals surface area contributed by atoms with Crippen molar-refractivity contribution in [1.29, 1.82) is 0 Å². The monoisotopic (exact) mass is 248 g/mol. The molecule has 1 rings (SSSR count). The minimum absolute atomic E-state index is 0.124. The first-order chi connectivity index (χ1) is 8.58. The number of carbonyl (C=O) groups excluding carboxylic acids is 1. The Morgan fingerprint density at radius 1 is 1.28 bits per heavy atom. The van der Waals surface area contributed by atoms with Crippen molar-refractivity contribution >= 4 is 5.91 Å². The highest BCUT2D eigenvalue weighted by atomic mass is 16.1. The van der Waals surface area contributed by atoms with Crippen molar-refractivity contribution in [2.45, 2.75) is 51.6 Å². The Hall–Kier alpha value is -1.35. The fourth-order valence-electron chi connectivity index (χ4n) is 2.06. The number of hydrogen-bond donors (Lipinski definition) is 2. The molecule has 1 amide bonds. The third kappa shape index (κ3) is 6.40. The molecule has 1 aromatic rings. The van der Waals surface area contributed by atoms with Crippen LogP contribution in [0.1, 0.15) is 38.7 Å². The van der Waals surface area contributed by atoms with E-state index in [0.717, 1.165) is 19.3 Å². The lowest BCUT2D eigenvalue weighted by atomic mass is 10.1. The van der Waals surface area contributed by atoms with Gasteiger partial charge in [0.05, 0.1) is 0 Å². The van der Waals surface area contributed by atoms with Gasteiger partial charge < -0.3 is 11.1 Å². The standard InChI is InChI=1S/C15H24N2O/c1-12(16)11-13(2)17-15(18)10-6-9-14-7-4-3-5-8-14/h3-5,7-8,12-13H,6,9-11,16H2,1-2H3,(H,17,18). The molecule has 0 aliphatic heterocycles. The molecule has 3 heteroatoms. The summed E-state index contributed by atoms with van der Waals surface area (Å²) in [6, 6.07) is 10.5. The van der Waals surface area contributed by atoms with E-state index in [1.165, 1.54) is 5.56 Å². The van der Waals surface area contributed by atoms with Crippen molar-refractivity contribution in [3.05, 3.63) is 35.9 Å². The second kappa shape index (κ2) is 7.88. The average molecular weight is 248 g/mol. The first kappa shape index (κ1) is 14.7. The zero-order valence-corrected chi connectivity index (χ0v) is 11.4. The number of carbonyl (C=O) groups is 1. The average Bonchev–Trinajstić information content (AvgIpc) is 2.29. The van der Waals surface area contributed by atoms with Gasteiger partial charge in [-0.1, -0.05) is 30.3 Å². The minimum Gasteiger partial charge on any atom is -0.354 e. The first-order valence-corrected chi connectivity index (χ1v) is 6.67. The molecule has 0 heterocycles. The van der Waals surface area contributed by atoms with E-state index in [1.54, 1.807) is 0 Å². The molecule has 0 fully saturated rings. The Bertz CT molecular complexity index is 349. The van der Waals surface area contributed by atoms with Gasteiger partial charge in [-0.25, -0.2) is 0 Å². The van der Waals surface area contributed by atoms with Crippen LogP contribution in [0.4, 0.5) is 0 Å². The highest BCUT2D eigenvalue weighted by Gasteiger charge is 2.08. The number of rotatable bonds is 7. The summed E-state index contributed by atoms with van der Waals surface area (Å²) in [6.07, 6.45) is 3.25. The topological polar surface area (TPSA) is 55.1 Å². The molecule has 0 aliphatic rings. The van der Waals surface area contributed by atoms with Crippen LogP contribution in [0.3, 0.4) is 0 Å². The summed E-state index contributed by atoms with van der Waals surface area (Å²) >= 11 is 0. The van der Waals surface area contributed by atoms with E-state index < -0.39 is 0 Å². The maximum atomic E-state index is 11.7. The van der Waals surface area contributed by atoms with Gasteiger partial charge in [-0.15, -0.1) is 0 Å². The van der Waals surface area contributed by atoms with E-state index in [1.807, 2.05) is 32.0 Å². The highest BCUT2D eigenvalue weighted by Crippen LogP contribution is 2.05. The quantitative estimate of drug-likeness (QED) is 0.777. The molecule has 2 unspecified atom stereocenters. The number of benzene rings is 1. The summed E-state index contributed by atoms with van der Waals surface area (Å²) in [5.74, 6) is 0.124. The Balaban J connectivity index is 2.17. The van der Waals surface area contributed by atoms with Crippen molar-refractivity contribution in [1.82, 2.24) is 5.32 Å². The van der Waals surface area contributed by atoms with Crippen LogP contribution in [0.25, 0.3) is 0 Å². The molecule has 3 N–H and O–H groups in total. The van der Waals surface area contributed by atoms with Crippen LogP contribution in [0.2, 0.25) is 0 Å². The van der Waals surface area contributed by atoms with E-state index >= 15 is 0 Å². The zero-order valence-electron chi connectivity index (χ0n) is 11.4. The summed E-state index contributed by atoms with van der Waals surface area (Å²) in [5, 5.41) is 2.98. The predicted molar refractivity (Wildman–Crippen MR) is 75.3 cm³/mol. The zero-order chi connectivity index (χ0) is 13.4. The lowest BCUT2D eigenvalue weighted by molar-refractivity contribution is -0.121. The molecule has 18 heavy (non-hydrogen) atoms. The van der Waals surface area contributed by atoms with Gasteiger partial charge in [0, 0.05) is 18.5 Å². The lowest BCUT2D eigenvalue weighted by Crippen LogP contribution is -2.36. The van der Waals surface area contributed by atoms with E-state index in [9.17, 15) is 4.79 Å². The largest absolute Gasteiger partial charge is 0.354 e. The fourth-order valence-corrected chi connectivity index (χ4v) is 2.06. The maximum Gasteiger partial charge on any atom is 0.220 e. The van der Waals surface area contributed by atoms with Gasteiger partial charge in [-0.2, -0.15) is 0 Å². The van der Waals surface area contributed by atoms with Gasteiger partial charge in [-0.05, 0) is 38.7 Å². The molecule has 0 aromatic heterocycles. The second-order valence-corrected chi connectivity index (χ2v) is 5.02. The Morgan fingerprint density at radius 3 is 2.56 bits per heavy atom. The number of nitrogens with two attached hydrogens (primary N) is 1. The third-order valence-corrected chi connectivity index (χ3v) is 2.84. The van der Waals surface area contributed by atoms with Crippen molar-refractivity contribution in [3.8, 4) is 0 Å². The first-order valence-electron chi connectivity index (χ1n) is 6.67. The van der Waals surface area contributed by atoms with Crippen LogP contribution in [-0.2, 0) is 11.2 Å². The molecule has 0 spiro atoms. The molecule has 0 radical (unpaired) electrons. The van der Waals surface area contributed by atoms with Crippen LogP contribution < -0.4 is 11.1 Å². The Kier molecular flexibility index (Phi) is 6.44. The Morgan fingerprint density at radius 2 is 1.94 bits per heavy atom. The van der Waals surface area contributed by atoms with Gasteiger partial charge in [0.2, 0.25) is 5.91 Å². The minimum atomic E-state index is 0.124. The van der Waals surface area contributed by atoms with Gasteiger partial charge in [0.25, 0.3) is 0 Å². The van der Waals surface area contributed by atoms with Crippen LogP contribution in [-0.4, -0.2) is 18.0 Å². The van der Waals surface area contributed by atoms with Crippen LogP contribution in [0, 0.1) is 0 Å². The van der Waals surface area contributed by atoms with Crippen LogP contribution in [0.5, 0.6) is 0 Å². The summed E-state index contributed by atoms with van der Waals surface area (Å²) in [4.78, 5) is 11.7. The third-order valence-electron chi connectivity index (χ3n) is 2.84. The van der Waals surface area contributed by atoms with E-state index in [-0.39, 0.29) is 18.0 Å². The Labute approximate surface area is 110 Å². The van der Waals surface area contributed by atoms with Gasteiger partial charge in [0.15, 0.2) is 0 Å². The summed E-state index contributed by atoms with van der Waals surface area (Å²) < 4.78 is 0. The molecule has 0 aliphatic carbocycles. The molecule has 0 saturated carbocycles. The highest BCUT2D eigenvalue weighted by molar-refractivity contribution is 5.76. The molecule has 0 bridgehead atoms. The molecular weight excluding hydrogens is 224 g/mol. The normalized spacial score (nSPS) is 13.9. The molecule has 2 atom stereocenters. The number of hydrogen-bond acceptors (Lipinski definition) is 2. The SMILES string of the molecule is CC(N)CC(C)NC(=O)CCCc1ccccc1. The number of amides is 1. The van der Waals surface area contributed by atoms with Gasteiger partial charge in [-0.3, -0.25) is 4.79 Å². The lowest BCUT2D eigenvalue weighted by Gasteiger charge is -2.15. The summed E-state index contributed by atoms with van der Waals surface area (Å²) in [6.45, 7) is 3.95. The summed E-state index contributed by atoms with van der Waals surface area (Å²) in [5.41, 5.74) is 6.98. The van der Waals surface area contributed by atoms with Gasteiger partial charge >= 0.3 is 0 Å². The molecule has 1 aromatic carbocycles. The number of nitrogens with one attached hydrogen (secondary N) is 1. The number of aryl methyl sites for hydroxylation is 1. The van der Waals surface area contributed by atoms with Crippen molar-refractivity contribution < 1.29 is 4.79 Å². The van der Waals surface area contributed by atoms with E-state index in [4.69, 9.17) is 5.73 Å². The van der Waals surface area contributed by atoms with E-state index in [0.29, 0.717) is 6.42 Å². The summed E-state index contributed by atoms with van der Waals surface area (Å²) in [7, 11) is 0. The molecule has 0 saturated heterocycles. The van der Waals surface area contributed by atoms with E-state index in [2.05, 4.69) is 17.4 Å². The molecule has 3 nitrogen and oxygen atoms in total. The van der Waals surface area contributed by atoms with Gasteiger partial charge in [0.1, 0.15) is 0 Å². The molecule has 100 valence electrons. The van der Waals surface area contributed by atoms with Crippen LogP contribution >= 0.6 is 0 Å². The smallest absolute Gasteiger partial charge is 0.220 e. The molecular formula is C15H24N2O. The van der Waals surface area contributed by atoms with Crippen molar-refractivity contribution in [2.24, 2.45) is 5.73 Å². The van der Waals surface area contributed by atoms with Crippen molar-refractivity contribution in [3.63, 3.8) is 0 Å². The predicted octanol–water partition coefficient (Wildman–Crippen LogP) is 2.25.